The summed E-state index contributed by atoms with van der Waals surface area (Å²) >= 11 is 0. The van der Waals surface area contributed by atoms with Crippen LogP contribution in [0, 0.1) is 0 Å². The number of carbonyl (C=O) groups excluding carboxylic acids is 2. The molecule has 0 aliphatic carbocycles. The molecule has 0 aromatic heterocycles. The molecule has 0 aromatic rings. The molecule has 1 saturated heterocycles. The first-order valence-electron chi connectivity index (χ1n) is 5.63. The van der Waals surface area contributed by atoms with Crippen molar-refractivity contribution in [3.63, 3.8) is 0 Å². The predicted molar refractivity (Wildman–Crippen MR) is 62.5 cm³/mol. The molecule has 1 heterocycles. The van der Waals surface area contributed by atoms with E-state index in [2.05, 4.69) is 6.58 Å². The molecule has 0 bridgehead atoms. The SMILES string of the molecule is C=CC(=O)O[C@H]1CCN(C(=O)OC(C)(C)C)C1. The van der Waals surface area contributed by atoms with Crippen LogP contribution in [0.25, 0.3) is 0 Å². The Kier molecular flexibility index (Phi) is 4.15. The Morgan fingerprint density at radius 3 is 2.59 bits per heavy atom. The van der Waals surface area contributed by atoms with E-state index in [9.17, 15) is 9.59 Å². The van der Waals surface area contributed by atoms with E-state index in [1.807, 2.05) is 20.8 Å². The zero-order valence-electron chi connectivity index (χ0n) is 10.6. The number of esters is 1. The van der Waals surface area contributed by atoms with Gasteiger partial charge >= 0.3 is 12.1 Å². The summed E-state index contributed by atoms with van der Waals surface area (Å²) in [5.74, 6) is -0.457. The summed E-state index contributed by atoms with van der Waals surface area (Å²) in [5, 5.41) is 0. The van der Waals surface area contributed by atoms with Gasteiger partial charge in [-0.15, -0.1) is 0 Å². The lowest BCUT2D eigenvalue weighted by molar-refractivity contribution is -0.142. The molecule has 0 saturated carbocycles. The third-order valence-electron chi connectivity index (χ3n) is 2.25. The second-order valence-electron chi connectivity index (χ2n) is 4.98. The first-order chi connectivity index (χ1) is 7.81. The average molecular weight is 241 g/mol. The van der Waals surface area contributed by atoms with E-state index in [-0.39, 0.29) is 12.2 Å². The van der Waals surface area contributed by atoms with Crippen molar-refractivity contribution in [2.45, 2.75) is 38.9 Å². The number of nitrogens with zero attached hydrogens (tertiary/aromatic N) is 1. The van der Waals surface area contributed by atoms with Gasteiger partial charge in [-0.2, -0.15) is 0 Å². The molecule has 1 amide bonds. The molecule has 1 aliphatic rings. The summed E-state index contributed by atoms with van der Waals surface area (Å²) in [6, 6.07) is 0. The molecule has 0 spiro atoms. The van der Waals surface area contributed by atoms with Crippen molar-refractivity contribution in [3.05, 3.63) is 12.7 Å². The number of hydrogen-bond acceptors (Lipinski definition) is 4. The lowest BCUT2D eigenvalue weighted by Gasteiger charge is -2.24. The van der Waals surface area contributed by atoms with Crippen molar-refractivity contribution in [2.75, 3.05) is 13.1 Å². The maximum atomic E-state index is 11.7. The third kappa shape index (κ3) is 4.46. The largest absolute Gasteiger partial charge is 0.457 e. The number of hydrogen-bond donors (Lipinski definition) is 0. The van der Waals surface area contributed by atoms with E-state index in [0.29, 0.717) is 19.5 Å². The summed E-state index contributed by atoms with van der Waals surface area (Å²) < 4.78 is 10.3. The van der Waals surface area contributed by atoms with Crippen LogP contribution in [0.1, 0.15) is 27.2 Å². The molecular weight excluding hydrogens is 222 g/mol. The van der Waals surface area contributed by atoms with Gasteiger partial charge in [-0.3, -0.25) is 0 Å². The van der Waals surface area contributed by atoms with E-state index in [0.717, 1.165) is 6.08 Å². The molecule has 0 N–H and O–H groups in total. The quantitative estimate of drug-likeness (QED) is 0.545. The maximum Gasteiger partial charge on any atom is 0.410 e. The van der Waals surface area contributed by atoms with Crippen molar-refractivity contribution < 1.29 is 19.1 Å². The predicted octanol–water partition coefficient (Wildman–Crippen LogP) is 1.72. The highest BCUT2D eigenvalue weighted by molar-refractivity contribution is 5.81. The maximum absolute atomic E-state index is 11.7. The van der Waals surface area contributed by atoms with Crippen LogP contribution >= 0.6 is 0 Å². The van der Waals surface area contributed by atoms with Gasteiger partial charge in [0.1, 0.15) is 11.7 Å². The van der Waals surface area contributed by atoms with Gasteiger partial charge < -0.3 is 14.4 Å². The van der Waals surface area contributed by atoms with Gasteiger partial charge in [0.05, 0.1) is 6.54 Å². The Morgan fingerprint density at radius 1 is 1.41 bits per heavy atom. The third-order valence-corrected chi connectivity index (χ3v) is 2.25. The number of ether oxygens (including phenoxy) is 2. The van der Waals surface area contributed by atoms with E-state index < -0.39 is 11.6 Å². The minimum Gasteiger partial charge on any atom is -0.457 e. The molecule has 0 aromatic carbocycles. The van der Waals surface area contributed by atoms with Crippen LogP contribution in [0.2, 0.25) is 0 Å². The van der Waals surface area contributed by atoms with Gasteiger partial charge in [0, 0.05) is 19.0 Å². The van der Waals surface area contributed by atoms with Gasteiger partial charge in [0.25, 0.3) is 0 Å². The van der Waals surface area contributed by atoms with Gasteiger partial charge in [-0.25, -0.2) is 9.59 Å². The van der Waals surface area contributed by atoms with Crippen LogP contribution in [0.15, 0.2) is 12.7 Å². The van der Waals surface area contributed by atoms with Gasteiger partial charge in [0.2, 0.25) is 0 Å². The Bertz CT molecular complexity index is 319. The Morgan fingerprint density at radius 2 is 2.06 bits per heavy atom. The molecule has 1 aliphatic heterocycles. The minimum atomic E-state index is -0.507. The Hall–Kier alpha value is -1.52. The van der Waals surface area contributed by atoms with E-state index in [1.165, 1.54) is 0 Å². The van der Waals surface area contributed by atoms with Crippen LogP contribution in [-0.2, 0) is 14.3 Å². The molecule has 96 valence electrons. The van der Waals surface area contributed by atoms with Crippen LogP contribution in [0.4, 0.5) is 4.79 Å². The van der Waals surface area contributed by atoms with Gasteiger partial charge in [-0.05, 0) is 20.8 Å². The van der Waals surface area contributed by atoms with Gasteiger partial charge in [0.15, 0.2) is 0 Å². The van der Waals surface area contributed by atoms with E-state index >= 15 is 0 Å². The molecule has 0 unspecified atom stereocenters. The van der Waals surface area contributed by atoms with Crippen LogP contribution in [0.5, 0.6) is 0 Å². The Balaban J connectivity index is 2.42. The summed E-state index contributed by atoms with van der Waals surface area (Å²) in [6.45, 7) is 9.70. The summed E-state index contributed by atoms with van der Waals surface area (Å²) in [5.41, 5.74) is -0.507. The molecule has 1 fully saturated rings. The van der Waals surface area contributed by atoms with Crippen molar-refractivity contribution in [2.24, 2.45) is 0 Å². The monoisotopic (exact) mass is 241 g/mol. The second kappa shape index (κ2) is 5.21. The molecular formula is C12H19NO4. The first-order valence-corrected chi connectivity index (χ1v) is 5.63. The van der Waals surface area contributed by atoms with Crippen molar-refractivity contribution in [1.82, 2.24) is 4.90 Å². The van der Waals surface area contributed by atoms with Crippen LogP contribution < -0.4 is 0 Å². The highest BCUT2D eigenvalue weighted by Crippen LogP contribution is 2.17. The molecule has 5 nitrogen and oxygen atoms in total. The van der Waals surface area contributed by atoms with Crippen LogP contribution in [-0.4, -0.2) is 41.8 Å². The number of likely N-dealkylation sites (tertiary alicyclic amines) is 1. The number of rotatable bonds is 2. The van der Waals surface area contributed by atoms with Crippen molar-refractivity contribution in [1.29, 1.82) is 0 Å². The van der Waals surface area contributed by atoms with Gasteiger partial charge in [-0.1, -0.05) is 6.58 Å². The smallest absolute Gasteiger partial charge is 0.410 e. The fourth-order valence-electron chi connectivity index (χ4n) is 1.53. The zero-order chi connectivity index (χ0) is 13.1. The van der Waals surface area contributed by atoms with Crippen molar-refractivity contribution in [3.8, 4) is 0 Å². The number of carbonyl (C=O) groups is 2. The fourth-order valence-corrected chi connectivity index (χ4v) is 1.53. The van der Waals surface area contributed by atoms with E-state index in [1.54, 1.807) is 4.90 Å². The highest BCUT2D eigenvalue weighted by Gasteiger charge is 2.31. The molecule has 17 heavy (non-hydrogen) atoms. The normalized spacial score (nSPS) is 19.9. The molecule has 1 rings (SSSR count). The summed E-state index contributed by atoms with van der Waals surface area (Å²) in [6.07, 6.45) is 1.14. The molecule has 1 atom stereocenters. The summed E-state index contributed by atoms with van der Waals surface area (Å²) in [4.78, 5) is 24.3. The summed E-state index contributed by atoms with van der Waals surface area (Å²) in [7, 11) is 0. The topological polar surface area (TPSA) is 55.8 Å². The standard InChI is InChI=1S/C12H19NO4/c1-5-10(14)16-9-6-7-13(8-9)11(15)17-12(2,3)4/h5,9H,1,6-8H2,2-4H3/t9-/m0/s1. The highest BCUT2D eigenvalue weighted by atomic mass is 16.6. The lowest BCUT2D eigenvalue weighted by Crippen LogP contribution is -2.36. The first kappa shape index (κ1) is 13.5. The fraction of sp³-hybridized carbons (Fsp3) is 0.667. The van der Waals surface area contributed by atoms with Crippen molar-refractivity contribution >= 4 is 12.1 Å². The minimum absolute atomic E-state index is 0.256. The zero-order valence-corrected chi connectivity index (χ0v) is 10.6. The van der Waals surface area contributed by atoms with Crippen LogP contribution in [0.3, 0.4) is 0 Å². The Labute approximate surface area is 101 Å². The lowest BCUT2D eigenvalue weighted by atomic mass is 10.2. The average Bonchev–Trinajstić information content (AvgIpc) is 2.63. The number of amides is 1. The molecule has 0 radical (unpaired) electrons. The molecule has 5 heteroatoms. The second-order valence-corrected chi connectivity index (χ2v) is 4.98. The van der Waals surface area contributed by atoms with E-state index in [4.69, 9.17) is 9.47 Å².